The lowest BCUT2D eigenvalue weighted by molar-refractivity contribution is -0.0158. The van der Waals surface area contributed by atoms with Crippen LogP contribution in [-0.4, -0.2) is 15.2 Å². The number of hydrogen-bond donors (Lipinski definition) is 1. The van der Waals surface area contributed by atoms with Crippen molar-refractivity contribution < 1.29 is 18.4 Å². The standard InChI is InChI=1S/C16H14F2N2O2S/c1-9-7-8-23-13(9)12(21)10-3-5-11(6-4-10)14-19-15(22-20-14)16(2,17)18/h3-8,12,21H,1-2H3. The highest BCUT2D eigenvalue weighted by molar-refractivity contribution is 7.10. The van der Waals surface area contributed by atoms with Crippen molar-refractivity contribution in [1.82, 2.24) is 10.1 Å². The third kappa shape index (κ3) is 3.16. The summed E-state index contributed by atoms with van der Waals surface area (Å²) in [6.45, 7) is 2.64. The highest BCUT2D eigenvalue weighted by Crippen LogP contribution is 2.31. The van der Waals surface area contributed by atoms with E-state index in [1.54, 1.807) is 24.3 Å². The maximum atomic E-state index is 13.1. The van der Waals surface area contributed by atoms with Crippen molar-refractivity contribution in [3.63, 3.8) is 0 Å². The van der Waals surface area contributed by atoms with Gasteiger partial charge in [-0.25, -0.2) is 0 Å². The number of alkyl halides is 2. The molecule has 120 valence electrons. The molecule has 0 aliphatic rings. The van der Waals surface area contributed by atoms with E-state index in [1.807, 2.05) is 18.4 Å². The first-order valence-electron chi connectivity index (χ1n) is 6.90. The van der Waals surface area contributed by atoms with Gasteiger partial charge in [-0.2, -0.15) is 13.8 Å². The van der Waals surface area contributed by atoms with Gasteiger partial charge in [0.2, 0.25) is 5.82 Å². The molecule has 0 bridgehead atoms. The molecular weight excluding hydrogens is 322 g/mol. The fourth-order valence-electron chi connectivity index (χ4n) is 2.15. The fraction of sp³-hybridized carbons (Fsp3) is 0.250. The molecule has 4 nitrogen and oxygen atoms in total. The van der Waals surface area contributed by atoms with Crippen LogP contribution in [0.15, 0.2) is 40.2 Å². The van der Waals surface area contributed by atoms with E-state index in [1.165, 1.54) is 11.3 Å². The zero-order valence-electron chi connectivity index (χ0n) is 12.5. The molecule has 0 aliphatic carbocycles. The van der Waals surface area contributed by atoms with Gasteiger partial charge in [-0.05, 0) is 29.5 Å². The molecule has 1 atom stereocenters. The van der Waals surface area contributed by atoms with Gasteiger partial charge < -0.3 is 9.63 Å². The first kappa shape index (κ1) is 15.8. The SMILES string of the molecule is Cc1ccsc1C(O)c1ccc(-c2noc(C(C)(F)F)n2)cc1. The van der Waals surface area contributed by atoms with Crippen molar-refractivity contribution in [2.45, 2.75) is 25.9 Å². The minimum Gasteiger partial charge on any atom is -0.383 e. The summed E-state index contributed by atoms with van der Waals surface area (Å²) in [7, 11) is 0. The molecule has 0 saturated heterocycles. The number of thiophene rings is 1. The Morgan fingerprint density at radius 3 is 2.43 bits per heavy atom. The Morgan fingerprint density at radius 1 is 1.22 bits per heavy atom. The lowest BCUT2D eigenvalue weighted by Crippen LogP contribution is -2.07. The molecule has 1 aromatic carbocycles. The molecule has 1 N–H and O–H groups in total. The molecule has 0 aliphatic heterocycles. The molecule has 2 aromatic heterocycles. The molecule has 3 aromatic rings. The van der Waals surface area contributed by atoms with Gasteiger partial charge in [-0.3, -0.25) is 0 Å². The third-order valence-corrected chi connectivity index (χ3v) is 4.51. The second kappa shape index (κ2) is 5.82. The van der Waals surface area contributed by atoms with E-state index < -0.39 is 17.9 Å². The fourth-order valence-corrected chi connectivity index (χ4v) is 3.09. The van der Waals surface area contributed by atoms with E-state index in [0.717, 1.165) is 10.4 Å². The van der Waals surface area contributed by atoms with Gasteiger partial charge in [-0.15, -0.1) is 11.3 Å². The summed E-state index contributed by atoms with van der Waals surface area (Å²) in [5, 5.41) is 15.9. The van der Waals surface area contributed by atoms with E-state index >= 15 is 0 Å². The minimum absolute atomic E-state index is 0.0925. The monoisotopic (exact) mass is 336 g/mol. The summed E-state index contributed by atoms with van der Waals surface area (Å²) in [6.07, 6.45) is -0.718. The predicted octanol–water partition coefficient (Wildman–Crippen LogP) is 4.30. The number of aliphatic hydroxyl groups excluding tert-OH is 1. The summed E-state index contributed by atoms with van der Waals surface area (Å²) >= 11 is 1.49. The van der Waals surface area contributed by atoms with Crippen molar-refractivity contribution in [1.29, 1.82) is 0 Å². The Hall–Kier alpha value is -2.12. The second-order valence-electron chi connectivity index (χ2n) is 5.30. The van der Waals surface area contributed by atoms with Crippen molar-refractivity contribution in [3.8, 4) is 11.4 Å². The Labute approximate surface area is 135 Å². The number of aliphatic hydroxyl groups is 1. The topological polar surface area (TPSA) is 59.2 Å². The predicted molar refractivity (Wildman–Crippen MR) is 82.4 cm³/mol. The Bertz CT molecular complexity index is 806. The Morgan fingerprint density at radius 2 is 1.91 bits per heavy atom. The van der Waals surface area contributed by atoms with Crippen LogP contribution in [0.5, 0.6) is 0 Å². The maximum Gasteiger partial charge on any atom is 0.322 e. The van der Waals surface area contributed by atoms with Crippen LogP contribution >= 0.6 is 11.3 Å². The van der Waals surface area contributed by atoms with E-state index in [0.29, 0.717) is 18.1 Å². The lowest BCUT2D eigenvalue weighted by atomic mass is 10.0. The number of aryl methyl sites for hydroxylation is 1. The highest BCUT2D eigenvalue weighted by atomic mass is 32.1. The van der Waals surface area contributed by atoms with Gasteiger partial charge in [-0.1, -0.05) is 29.4 Å². The van der Waals surface area contributed by atoms with Crippen molar-refractivity contribution in [2.75, 3.05) is 0 Å². The molecule has 2 heterocycles. The Kier molecular flexibility index (Phi) is 3.99. The van der Waals surface area contributed by atoms with Gasteiger partial charge >= 0.3 is 5.92 Å². The summed E-state index contributed by atoms with van der Waals surface area (Å²) in [5.41, 5.74) is 2.28. The second-order valence-corrected chi connectivity index (χ2v) is 6.25. The molecule has 0 saturated carbocycles. The van der Waals surface area contributed by atoms with Crippen molar-refractivity contribution >= 4 is 11.3 Å². The summed E-state index contributed by atoms with van der Waals surface area (Å²) < 4.78 is 30.8. The third-order valence-electron chi connectivity index (χ3n) is 3.44. The summed E-state index contributed by atoms with van der Waals surface area (Å²) in [6, 6.07) is 8.73. The zero-order chi connectivity index (χ0) is 16.6. The van der Waals surface area contributed by atoms with E-state index in [2.05, 4.69) is 14.7 Å². The first-order valence-corrected chi connectivity index (χ1v) is 7.78. The number of halogens is 2. The quantitative estimate of drug-likeness (QED) is 0.772. The first-order chi connectivity index (χ1) is 10.9. The Balaban J connectivity index is 1.85. The van der Waals surface area contributed by atoms with E-state index in [4.69, 9.17) is 0 Å². The zero-order valence-corrected chi connectivity index (χ0v) is 13.3. The van der Waals surface area contributed by atoms with E-state index in [9.17, 15) is 13.9 Å². The minimum atomic E-state index is -3.17. The summed E-state index contributed by atoms with van der Waals surface area (Å²) in [4.78, 5) is 4.58. The molecular formula is C16H14F2N2O2S. The molecule has 23 heavy (non-hydrogen) atoms. The van der Waals surface area contributed by atoms with Crippen LogP contribution in [0.2, 0.25) is 0 Å². The number of rotatable bonds is 4. The normalized spacial score (nSPS) is 13.3. The van der Waals surface area contributed by atoms with Gasteiger partial charge in [0.25, 0.3) is 5.89 Å². The summed E-state index contributed by atoms with van der Waals surface area (Å²) in [5.74, 6) is -3.79. The van der Waals surface area contributed by atoms with Crippen molar-refractivity contribution in [2.24, 2.45) is 0 Å². The maximum absolute atomic E-state index is 13.1. The van der Waals surface area contributed by atoms with Crippen LogP contribution in [-0.2, 0) is 5.92 Å². The van der Waals surface area contributed by atoms with Crippen LogP contribution in [0.25, 0.3) is 11.4 Å². The average Bonchev–Trinajstić information content (AvgIpc) is 3.15. The molecule has 3 rings (SSSR count). The largest absolute Gasteiger partial charge is 0.383 e. The van der Waals surface area contributed by atoms with Gasteiger partial charge in [0.15, 0.2) is 0 Å². The molecule has 7 heteroatoms. The van der Waals surface area contributed by atoms with Crippen LogP contribution < -0.4 is 0 Å². The molecule has 1 unspecified atom stereocenters. The van der Waals surface area contributed by atoms with Crippen LogP contribution in [0, 0.1) is 6.92 Å². The number of aromatic nitrogens is 2. The van der Waals surface area contributed by atoms with Crippen molar-refractivity contribution in [3.05, 3.63) is 57.6 Å². The molecule has 0 fully saturated rings. The highest BCUT2D eigenvalue weighted by Gasteiger charge is 2.32. The van der Waals surface area contributed by atoms with Gasteiger partial charge in [0.05, 0.1) is 0 Å². The average molecular weight is 336 g/mol. The number of nitrogens with zero attached hydrogens (tertiary/aromatic N) is 2. The van der Waals surface area contributed by atoms with E-state index in [-0.39, 0.29) is 5.82 Å². The van der Waals surface area contributed by atoms with Crippen LogP contribution in [0.4, 0.5) is 8.78 Å². The van der Waals surface area contributed by atoms with Gasteiger partial charge in [0, 0.05) is 17.4 Å². The van der Waals surface area contributed by atoms with Crippen LogP contribution in [0.1, 0.15) is 34.9 Å². The smallest absolute Gasteiger partial charge is 0.322 e. The van der Waals surface area contributed by atoms with Crippen LogP contribution in [0.3, 0.4) is 0 Å². The molecule has 0 spiro atoms. The molecule has 0 amide bonds. The van der Waals surface area contributed by atoms with Gasteiger partial charge in [0.1, 0.15) is 6.10 Å². The lowest BCUT2D eigenvalue weighted by Gasteiger charge is -2.10. The molecule has 0 radical (unpaired) electrons. The number of hydrogen-bond acceptors (Lipinski definition) is 5. The number of benzene rings is 1.